The Labute approximate surface area is 224 Å². The number of aromatic nitrogens is 4. The fourth-order valence-electron chi connectivity index (χ4n) is 3.40. The number of phosphoric ester groups is 1. The van der Waals surface area contributed by atoms with E-state index in [9.17, 15) is 14.6 Å². The smallest absolute Gasteiger partial charge is 0.407 e. The standard InChI is InChI=1S/C23H39N6O7PSi/c1-9-10-11-33-37(31,32)34-13-17-18(30)19(36-38(7,8)23(2,3)4)21(35-17)29-15-25-16-12-24-22(27-20(16)29)26-14-28(5)6/h9-10,12,14-15,17-19,21,30H,11,13H2,1-8H3,(H,31,32)/b10-9+,26-14+/t17-,18-,19-,21-/m1/s1. The van der Waals surface area contributed by atoms with Gasteiger partial charge in [-0.05, 0) is 25.1 Å². The number of allylic oxidation sites excluding steroid dienone is 1. The van der Waals surface area contributed by atoms with Gasteiger partial charge in [-0.25, -0.2) is 19.5 Å². The Morgan fingerprint density at radius 1 is 1.29 bits per heavy atom. The molecule has 3 rings (SSSR count). The van der Waals surface area contributed by atoms with E-state index in [1.807, 2.05) is 14.1 Å². The van der Waals surface area contributed by atoms with Crippen LogP contribution in [0.5, 0.6) is 0 Å². The Balaban J connectivity index is 1.93. The van der Waals surface area contributed by atoms with Crippen molar-refractivity contribution in [2.45, 2.75) is 70.4 Å². The van der Waals surface area contributed by atoms with Crippen LogP contribution in [0.2, 0.25) is 18.1 Å². The summed E-state index contributed by atoms with van der Waals surface area (Å²) in [5.41, 5.74) is 0.950. The lowest BCUT2D eigenvalue weighted by atomic mass is 10.1. The summed E-state index contributed by atoms with van der Waals surface area (Å²) in [5.74, 6) is 0.229. The summed E-state index contributed by atoms with van der Waals surface area (Å²) in [6, 6.07) is 0. The molecular formula is C23H39N6O7PSi. The first-order valence-corrected chi connectivity index (χ1v) is 16.7. The van der Waals surface area contributed by atoms with E-state index < -0.39 is 47.3 Å². The molecule has 212 valence electrons. The molecule has 1 aliphatic heterocycles. The van der Waals surface area contributed by atoms with Crippen LogP contribution in [0.4, 0.5) is 5.95 Å². The van der Waals surface area contributed by atoms with Gasteiger partial charge in [0.15, 0.2) is 20.2 Å². The molecule has 3 heterocycles. The normalized spacial score (nSPS) is 24.6. The van der Waals surface area contributed by atoms with Crippen LogP contribution in [0, 0.1) is 0 Å². The number of hydrogen-bond donors (Lipinski definition) is 2. The highest BCUT2D eigenvalue weighted by atomic mass is 31.2. The molecule has 2 aromatic rings. The van der Waals surface area contributed by atoms with Gasteiger partial charge in [0.1, 0.15) is 23.8 Å². The maximum atomic E-state index is 12.3. The molecule has 1 fully saturated rings. The van der Waals surface area contributed by atoms with Crippen LogP contribution in [0.1, 0.15) is 33.9 Å². The Morgan fingerprint density at radius 2 is 2.00 bits per heavy atom. The molecule has 1 aliphatic rings. The summed E-state index contributed by atoms with van der Waals surface area (Å²) in [6.45, 7) is 11.7. The van der Waals surface area contributed by atoms with Crippen LogP contribution in [0.25, 0.3) is 11.2 Å². The molecule has 0 spiro atoms. The Hall–Kier alpha value is -2.03. The molecule has 0 bridgehead atoms. The summed E-state index contributed by atoms with van der Waals surface area (Å²) >= 11 is 0. The third-order valence-electron chi connectivity index (χ3n) is 6.50. The number of fused-ring (bicyclic) bond motifs is 1. The second kappa shape index (κ2) is 12.0. The minimum atomic E-state index is -4.36. The number of hydrogen-bond acceptors (Lipinski definition) is 10. The maximum Gasteiger partial charge on any atom is 0.472 e. The van der Waals surface area contributed by atoms with E-state index in [4.69, 9.17) is 18.2 Å². The highest BCUT2D eigenvalue weighted by Gasteiger charge is 2.51. The van der Waals surface area contributed by atoms with Crippen molar-refractivity contribution in [1.29, 1.82) is 0 Å². The third kappa shape index (κ3) is 7.33. The van der Waals surface area contributed by atoms with Gasteiger partial charge in [-0.2, -0.15) is 4.98 Å². The van der Waals surface area contributed by atoms with Crippen molar-refractivity contribution in [3.8, 4) is 0 Å². The van der Waals surface area contributed by atoms with Crippen LogP contribution < -0.4 is 0 Å². The molecule has 2 N–H and O–H groups in total. The number of aliphatic hydroxyl groups excluding tert-OH is 1. The zero-order valence-electron chi connectivity index (χ0n) is 23.2. The van der Waals surface area contributed by atoms with Crippen molar-refractivity contribution in [3.05, 3.63) is 24.7 Å². The highest BCUT2D eigenvalue weighted by Crippen LogP contribution is 2.46. The topological polar surface area (TPSA) is 154 Å². The van der Waals surface area contributed by atoms with E-state index in [2.05, 4.69) is 53.8 Å². The van der Waals surface area contributed by atoms with E-state index in [0.717, 1.165) is 0 Å². The van der Waals surface area contributed by atoms with Gasteiger partial charge in [0, 0.05) is 14.1 Å². The summed E-state index contributed by atoms with van der Waals surface area (Å²) in [6.07, 6.45) is 4.12. The summed E-state index contributed by atoms with van der Waals surface area (Å²) in [5, 5.41) is 11.2. The monoisotopic (exact) mass is 570 g/mol. The molecule has 0 amide bonds. The number of nitrogens with zero attached hydrogens (tertiary/aromatic N) is 6. The Morgan fingerprint density at radius 3 is 2.63 bits per heavy atom. The number of imidazole rings is 1. The summed E-state index contributed by atoms with van der Waals surface area (Å²) in [4.78, 5) is 29.2. The fraction of sp³-hybridized carbons (Fsp3) is 0.652. The maximum absolute atomic E-state index is 12.3. The molecule has 0 radical (unpaired) electrons. The number of phosphoric acid groups is 1. The predicted molar refractivity (Wildman–Crippen MR) is 146 cm³/mol. The van der Waals surface area contributed by atoms with Crippen LogP contribution in [-0.4, -0.2) is 94.7 Å². The van der Waals surface area contributed by atoms with E-state index in [1.54, 1.807) is 47.4 Å². The van der Waals surface area contributed by atoms with Crippen molar-refractivity contribution in [2.75, 3.05) is 27.3 Å². The molecule has 38 heavy (non-hydrogen) atoms. The summed E-state index contributed by atoms with van der Waals surface area (Å²) < 4.78 is 36.8. The van der Waals surface area contributed by atoms with Gasteiger partial charge in [-0.1, -0.05) is 32.9 Å². The van der Waals surface area contributed by atoms with E-state index >= 15 is 0 Å². The van der Waals surface area contributed by atoms with Crippen molar-refractivity contribution in [2.24, 2.45) is 4.99 Å². The molecule has 0 saturated carbocycles. The first-order chi connectivity index (χ1) is 17.6. The van der Waals surface area contributed by atoms with Crippen LogP contribution in [0.15, 0.2) is 29.7 Å². The largest absolute Gasteiger partial charge is 0.472 e. The quantitative estimate of drug-likeness (QED) is 0.134. The van der Waals surface area contributed by atoms with Crippen LogP contribution in [-0.2, 0) is 22.8 Å². The molecule has 0 aliphatic carbocycles. The van der Waals surface area contributed by atoms with Crippen molar-refractivity contribution < 1.29 is 32.8 Å². The second-order valence-electron chi connectivity index (χ2n) is 10.8. The van der Waals surface area contributed by atoms with Gasteiger partial charge in [0.2, 0.25) is 0 Å². The van der Waals surface area contributed by atoms with Crippen molar-refractivity contribution in [3.63, 3.8) is 0 Å². The lowest BCUT2D eigenvalue weighted by Gasteiger charge is -2.40. The SMILES string of the molecule is C/C=C/COP(=O)(O)OC[C@H]1O[C@@H](n2cnc3cnc(/N=C/N(C)C)nc32)[C@H](O[Si](C)(C)C(C)(C)C)[C@@H]1O. The van der Waals surface area contributed by atoms with E-state index in [0.29, 0.717) is 11.2 Å². The minimum absolute atomic E-state index is 0.0859. The molecular weight excluding hydrogens is 531 g/mol. The predicted octanol–water partition coefficient (Wildman–Crippen LogP) is 3.41. The minimum Gasteiger partial charge on any atom is -0.407 e. The molecule has 1 unspecified atom stereocenters. The molecule has 5 atom stereocenters. The van der Waals surface area contributed by atoms with E-state index in [1.165, 1.54) is 0 Å². The first-order valence-electron chi connectivity index (χ1n) is 12.3. The Bertz CT molecular complexity index is 1200. The highest BCUT2D eigenvalue weighted by molar-refractivity contribution is 7.47. The van der Waals surface area contributed by atoms with Gasteiger partial charge in [-0.15, -0.1) is 0 Å². The molecule has 15 heteroatoms. The fourth-order valence-corrected chi connectivity index (χ4v) is 5.37. The summed E-state index contributed by atoms with van der Waals surface area (Å²) in [7, 11) is -3.09. The third-order valence-corrected chi connectivity index (χ3v) is 11.9. The van der Waals surface area contributed by atoms with Gasteiger partial charge >= 0.3 is 7.82 Å². The molecule has 0 aromatic carbocycles. The van der Waals surface area contributed by atoms with Crippen LogP contribution >= 0.6 is 7.82 Å². The number of ether oxygens (including phenoxy) is 1. The Kier molecular flexibility index (Phi) is 9.64. The molecule has 13 nitrogen and oxygen atoms in total. The van der Waals surface area contributed by atoms with E-state index in [-0.39, 0.29) is 17.6 Å². The average Bonchev–Trinajstić information content (AvgIpc) is 3.36. The lowest BCUT2D eigenvalue weighted by Crippen LogP contribution is -2.48. The molecule has 1 saturated heterocycles. The average molecular weight is 571 g/mol. The lowest BCUT2D eigenvalue weighted by molar-refractivity contribution is -0.0498. The number of aliphatic imine (C=N–C) groups is 1. The van der Waals surface area contributed by atoms with Gasteiger partial charge in [0.25, 0.3) is 5.95 Å². The van der Waals surface area contributed by atoms with Crippen molar-refractivity contribution >= 4 is 39.6 Å². The van der Waals surface area contributed by atoms with Gasteiger partial charge in [-0.3, -0.25) is 13.6 Å². The first kappa shape index (κ1) is 30.5. The van der Waals surface area contributed by atoms with Gasteiger partial charge in [0.05, 0.1) is 32.1 Å². The number of rotatable bonds is 11. The molecule has 2 aromatic heterocycles. The van der Waals surface area contributed by atoms with Crippen LogP contribution in [0.3, 0.4) is 0 Å². The van der Waals surface area contributed by atoms with Gasteiger partial charge < -0.3 is 24.1 Å². The zero-order valence-corrected chi connectivity index (χ0v) is 25.1. The number of aliphatic hydroxyl groups is 1. The zero-order chi connectivity index (χ0) is 28.3. The van der Waals surface area contributed by atoms with Crippen molar-refractivity contribution in [1.82, 2.24) is 24.4 Å². The second-order valence-corrected chi connectivity index (χ2v) is 17.0.